The van der Waals surface area contributed by atoms with E-state index in [0.29, 0.717) is 18.0 Å². The van der Waals surface area contributed by atoms with Crippen molar-refractivity contribution in [3.05, 3.63) is 53.2 Å². The first kappa shape index (κ1) is 15.7. The quantitative estimate of drug-likeness (QED) is 0.854. The molecule has 23 heavy (non-hydrogen) atoms. The molecule has 2 heterocycles. The van der Waals surface area contributed by atoms with Crippen LogP contribution in [-0.2, 0) is 0 Å². The van der Waals surface area contributed by atoms with E-state index in [-0.39, 0.29) is 5.91 Å². The van der Waals surface area contributed by atoms with Crippen LogP contribution in [0.4, 0.5) is 0 Å². The molecule has 1 amide bonds. The Bertz CT molecular complexity index is 749. The second-order valence-electron chi connectivity index (χ2n) is 6.27. The summed E-state index contributed by atoms with van der Waals surface area (Å²) < 4.78 is 0. The summed E-state index contributed by atoms with van der Waals surface area (Å²) in [6.07, 6.45) is 3.16. The van der Waals surface area contributed by atoms with Gasteiger partial charge in [0.2, 0.25) is 0 Å². The predicted molar refractivity (Wildman–Crippen MR) is 93.7 cm³/mol. The molecule has 4 nitrogen and oxygen atoms in total. The van der Waals surface area contributed by atoms with Gasteiger partial charge in [0, 0.05) is 24.2 Å². The van der Waals surface area contributed by atoms with Crippen molar-refractivity contribution in [2.45, 2.75) is 26.2 Å². The zero-order valence-corrected chi connectivity index (χ0v) is 13.7. The van der Waals surface area contributed by atoms with Crippen molar-refractivity contribution in [2.24, 2.45) is 0 Å². The van der Waals surface area contributed by atoms with E-state index in [1.165, 1.54) is 5.57 Å². The van der Waals surface area contributed by atoms with Crippen LogP contribution in [0, 0.1) is 0 Å². The third kappa shape index (κ3) is 3.59. The highest BCUT2D eigenvalue weighted by Gasteiger charge is 2.14. The molecule has 0 aliphatic carbocycles. The first-order valence-electron chi connectivity index (χ1n) is 8.21. The van der Waals surface area contributed by atoms with Gasteiger partial charge in [-0.1, -0.05) is 43.7 Å². The van der Waals surface area contributed by atoms with E-state index in [1.54, 1.807) is 0 Å². The van der Waals surface area contributed by atoms with E-state index < -0.39 is 0 Å². The molecule has 0 radical (unpaired) electrons. The molecule has 0 fully saturated rings. The van der Waals surface area contributed by atoms with Gasteiger partial charge in [-0.2, -0.15) is 0 Å². The Labute approximate surface area is 137 Å². The summed E-state index contributed by atoms with van der Waals surface area (Å²) in [7, 11) is 0. The molecule has 1 aromatic heterocycles. The molecular formula is C19H23N3O. The van der Waals surface area contributed by atoms with Gasteiger partial charge in [-0.3, -0.25) is 9.78 Å². The van der Waals surface area contributed by atoms with Crippen molar-refractivity contribution in [1.82, 2.24) is 15.6 Å². The number of pyridine rings is 1. The van der Waals surface area contributed by atoms with Gasteiger partial charge in [-0.15, -0.1) is 0 Å². The predicted octanol–water partition coefficient (Wildman–Crippen LogP) is 3.01. The van der Waals surface area contributed by atoms with Gasteiger partial charge in [0.05, 0.1) is 11.1 Å². The van der Waals surface area contributed by atoms with Crippen molar-refractivity contribution < 1.29 is 4.79 Å². The lowest BCUT2D eigenvalue weighted by atomic mass is 10.0. The van der Waals surface area contributed by atoms with E-state index in [0.717, 1.165) is 36.1 Å². The molecule has 4 heteroatoms. The summed E-state index contributed by atoms with van der Waals surface area (Å²) in [5.41, 5.74) is 3.84. The number of fused-ring (bicyclic) bond motifs is 1. The molecule has 0 bridgehead atoms. The molecular weight excluding hydrogens is 286 g/mol. The normalized spacial score (nSPS) is 14.8. The SMILES string of the molecule is CC(C)c1cc(C(=O)NCC2=CCNCC2)c2ccccc2n1. The molecule has 0 saturated carbocycles. The molecule has 2 N–H and O–H groups in total. The summed E-state index contributed by atoms with van der Waals surface area (Å²) in [4.78, 5) is 17.4. The minimum absolute atomic E-state index is 0.0232. The number of amides is 1. The number of nitrogens with one attached hydrogen (secondary N) is 2. The van der Waals surface area contributed by atoms with Gasteiger partial charge < -0.3 is 10.6 Å². The number of benzene rings is 1. The molecule has 0 atom stereocenters. The van der Waals surface area contributed by atoms with E-state index in [4.69, 9.17) is 0 Å². The van der Waals surface area contributed by atoms with Crippen LogP contribution < -0.4 is 10.6 Å². The summed E-state index contributed by atoms with van der Waals surface area (Å²) >= 11 is 0. The third-order valence-electron chi connectivity index (χ3n) is 4.21. The Balaban J connectivity index is 1.87. The molecule has 1 aromatic carbocycles. The monoisotopic (exact) mass is 309 g/mol. The van der Waals surface area contributed by atoms with E-state index in [9.17, 15) is 4.79 Å². The number of para-hydroxylation sites is 1. The highest BCUT2D eigenvalue weighted by atomic mass is 16.1. The number of hydrogen-bond acceptors (Lipinski definition) is 3. The first-order chi connectivity index (χ1) is 11.1. The van der Waals surface area contributed by atoms with Gasteiger partial charge in [0.15, 0.2) is 0 Å². The minimum Gasteiger partial charge on any atom is -0.348 e. The number of carbonyl (C=O) groups is 1. The lowest BCUT2D eigenvalue weighted by Gasteiger charge is -2.16. The zero-order valence-electron chi connectivity index (χ0n) is 13.7. The van der Waals surface area contributed by atoms with Gasteiger partial charge >= 0.3 is 0 Å². The average Bonchev–Trinajstić information content (AvgIpc) is 2.59. The number of carbonyl (C=O) groups excluding carboxylic acids is 1. The van der Waals surface area contributed by atoms with Crippen molar-refractivity contribution in [3.8, 4) is 0 Å². The average molecular weight is 309 g/mol. The molecule has 0 saturated heterocycles. The first-order valence-corrected chi connectivity index (χ1v) is 8.21. The Morgan fingerprint density at radius 1 is 1.35 bits per heavy atom. The van der Waals surface area contributed by atoms with Crippen LogP contribution >= 0.6 is 0 Å². The third-order valence-corrected chi connectivity index (χ3v) is 4.21. The molecule has 0 unspecified atom stereocenters. The Morgan fingerprint density at radius 2 is 2.17 bits per heavy atom. The highest BCUT2D eigenvalue weighted by Crippen LogP contribution is 2.22. The topological polar surface area (TPSA) is 54.0 Å². The van der Waals surface area contributed by atoms with Crippen LogP contribution in [-0.4, -0.2) is 30.5 Å². The Hall–Kier alpha value is -2.20. The maximum atomic E-state index is 12.7. The largest absolute Gasteiger partial charge is 0.348 e. The maximum absolute atomic E-state index is 12.7. The van der Waals surface area contributed by atoms with Crippen LogP contribution in [0.25, 0.3) is 10.9 Å². The standard InChI is InChI=1S/C19H23N3O/c1-13(2)18-11-16(15-5-3-4-6-17(15)22-18)19(23)21-12-14-7-9-20-10-8-14/h3-7,11,13,20H,8-10,12H2,1-2H3,(H,21,23). The lowest BCUT2D eigenvalue weighted by Crippen LogP contribution is -2.29. The number of aromatic nitrogens is 1. The second-order valence-corrected chi connectivity index (χ2v) is 6.27. The van der Waals surface area contributed by atoms with E-state index >= 15 is 0 Å². The van der Waals surface area contributed by atoms with Crippen molar-refractivity contribution in [3.63, 3.8) is 0 Å². The Kier molecular flexibility index (Phi) is 4.72. The fourth-order valence-electron chi connectivity index (χ4n) is 2.80. The van der Waals surface area contributed by atoms with Crippen LogP contribution in [0.15, 0.2) is 42.0 Å². The minimum atomic E-state index is -0.0232. The number of hydrogen-bond donors (Lipinski definition) is 2. The summed E-state index contributed by atoms with van der Waals surface area (Å²) in [6.45, 7) is 6.68. The van der Waals surface area contributed by atoms with Gasteiger partial charge in [-0.25, -0.2) is 0 Å². The highest BCUT2D eigenvalue weighted by molar-refractivity contribution is 6.06. The molecule has 3 rings (SSSR count). The van der Waals surface area contributed by atoms with Crippen molar-refractivity contribution >= 4 is 16.8 Å². The molecule has 1 aliphatic heterocycles. The number of rotatable bonds is 4. The van der Waals surface area contributed by atoms with Gasteiger partial charge in [-0.05, 0) is 31.0 Å². The van der Waals surface area contributed by atoms with Crippen LogP contribution in [0.1, 0.15) is 42.2 Å². The Morgan fingerprint density at radius 3 is 2.91 bits per heavy atom. The van der Waals surface area contributed by atoms with Crippen LogP contribution in [0.5, 0.6) is 0 Å². The molecule has 2 aromatic rings. The van der Waals surface area contributed by atoms with Crippen molar-refractivity contribution in [2.75, 3.05) is 19.6 Å². The van der Waals surface area contributed by atoms with Gasteiger partial charge in [0.1, 0.15) is 0 Å². The van der Waals surface area contributed by atoms with E-state index in [1.807, 2.05) is 30.3 Å². The molecule has 0 spiro atoms. The lowest BCUT2D eigenvalue weighted by molar-refractivity contribution is 0.0958. The van der Waals surface area contributed by atoms with Gasteiger partial charge in [0.25, 0.3) is 5.91 Å². The summed E-state index contributed by atoms with van der Waals surface area (Å²) in [5, 5.41) is 7.26. The fraction of sp³-hybridized carbons (Fsp3) is 0.368. The fourth-order valence-corrected chi connectivity index (χ4v) is 2.80. The molecule has 1 aliphatic rings. The zero-order chi connectivity index (χ0) is 16.2. The number of nitrogens with zero attached hydrogens (tertiary/aromatic N) is 1. The smallest absolute Gasteiger partial charge is 0.252 e. The van der Waals surface area contributed by atoms with Crippen LogP contribution in [0.2, 0.25) is 0 Å². The van der Waals surface area contributed by atoms with Crippen LogP contribution in [0.3, 0.4) is 0 Å². The maximum Gasteiger partial charge on any atom is 0.252 e. The van der Waals surface area contributed by atoms with E-state index in [2.05, 4.69) is 35.5 Å². The summed E-state index contributed by atoms with van der Waals surface area (Å²) in [6, 6.07) is 9.77. The second kappa shape index (κ2) is 6.92. The molecule has 120 valence electrons. The van der Waals surface area contributed by atoms with Crippen molar-refractivity contribution in [1.29, 1.82) is 0 Å². The summed E-state index contributed by atoms with van der Waals surface area (Å²) in [5.74, 6) is 0.267.